The maximum absolute atomic E-state index is 13.0. The molecule has 2 aromatic carbocycles. The Morgan fingerprint density at radius 3 is 2.17 bits per heavy atom. The van der Waals surface area contributed by atoms with E-state index in [0.29, 0.717) is 5.69 Å². The largest absolute Gasteiger partial charge is 0.325 e. The molecule has 122 valence electrons. The molecule has 0 aromatic heterocycles. The van der Waals surface area contributed by atoms with Crippen LogP contribution in [0.3, 0.4) is 0 Å². The number of nitrogens with zero attached hydrogens (tertiary/aromatic N) is 1. The predicted octanol–water partition coefficient (Wildman–Crippen LogP) is 2.54. The topological polar surface area (TPSA) is 66.5 Å². The number of hydrogen-bond acceptors (Lipinski definition) is 3. The standard InChI is InChI=1S/C16H17FN2O3S/c1-12-3-7-14(8-4-12)18-16(20)11-19(23(2,21)22)15-9-5-13(17)6-10-15/h3-10H,11H2,1-2H3,(H,18,20). The van der Waals surface area contributed by atoms with Crippen LogP contribution >= 0.6 is 0 Å². The molecule has 0 aliphatic carbocycles. The molecule has 0 aliphatic rings. The van der Waals surface area contributed by atoms with Gasteiger partial charge in [0.1, 0.15) is 12.4 Å². The maximum Gasteiger partial charge on any atom is 0.245 e. The second-order valence-corrected chi connectivity index (χ2v) is 7.07. The number of sulfonamides is 1. The van der Waals surface area contributed by atoms with E-state index in [1.165, 1.54) is 12.1 Å². The van der Waals surface area contributed by atoms with Crippen molar-refractivity contribution in [3.05, 3.63) is 59.9 Å². The second kappa shape index (κ2) is 6.78. The van der Waals surface area contributed by atoms with E-state index in [1.54, 1.807) is 12.1 Å². The molecule has 0 unspecified atom stereocenters. The molecule has 2 aromatic rings. The van der Waals surface area contributed by atoms with Crippen molar-refractivity contribution in [2.75, 3.05) is 22.4 Å². The van der Waals surface area contributed by atoms with Crippen LogP contribution in [-0.4, -0.2) is 27.1 Å². The van der Waals surface area contributed by atoms with Crippen molar-refractivity contribution in [1.82, 2.24) is 0 Å². The molecule has 1 amide bonds. The number of carbonyl (C=O) groups is 1. The highest BCUT2D eigenvalue weighted by atomic mass is 32.2. The highest BCUT2D eigenvalue weighted by Gasteiger charge is 2.20. The summed E-state index contributed by atoms with van der Waals surface area (Å²) >= 11 is 0. The van der Waals surface area contributed by atoms with Crippen molar-refractivity contribution in [2.45, 2.75) is 6.92 Å². The molecule has 0 atom stereocenters. The first kappa shape index (κ1) is 17.0. The summed E-state index contributed by atoms with van der Waals surface area (Å²) in [6, 6.07) is 12.1. The summed E-state index contributed by atoms with van der Waals surface area (Å²) < 4.78 is 37.7. The van der Waals surface area contributed by atoms with Crippen LogP contribution in [0.5, 0.6) is 0 Å². The summed E-state index contributed by atoms with van der Waals surface area (Å²) in [4.78, 5) is 12.1. The second-order valence-electron chi connectivity index (χ2n) is 5.16. The van der Waals surface area contributed by atoms with E-state index in [1.807, 2.05) is 19.1 Å². The van der Waals surface area contributed by atoms with Crippen molar-refractivity contribution in [1.29, 1.82) is 0 Å². The number of hydrogen-bond donors (Lipinski definition) is 1. The van der Waals surface area contributed by atoms with Crippen LogP contribution in [0, 0.1) is 12.7 Å². The number of halogens is 1. The fourth-order valence-corrected chi connectivity index (χ4v) is 2.83. The quantitative estimate of drug-likeness (QED) is 0.912. The number of anilines is 2. The van der Waals surface area contributed by atoms with E-state index in [4.69, 9.17) is 0 Å². The summed E-state index contributed by atoms with van der Waals surface area (Å²) in [6.45, 7) is 1.53. The van der Waals surface area contributed by atoms with Crippen molar-refractivity contribution < 1.29 is 17.6 Å². The van der Waals surface area contributed by atoms with Gasteiger partial charge >= 0.3 is 0 Å². The first-order valence-corrected chi connectivity index (χ1v) is 8.70. The van der Waals surface area contributed by atoms with E-state index in [9.17, 15) is 17.6 Å². The van der Waals surface area contributed by atoms with Gasteiger partial charge in [-0.25, -0.2) is 12.8 Å². The van der Waals surface area contributed by atoms with Gasteiger partial charge in [-0.1, -0.05) is 17.7 Å². The molecule has 0 saturated heterocycles. The van der Waals surface area contributed by atoms with Crippen LogP contribution in [0.1, 0.15) is 5.56 Å². The Kier molecular flexibility index (Phi) is 5.00. The van der Waals surface area contributed by atoms with Gasteiger partial charge in [0.15, 0.2) is 0 Å². The van der Waals surface area contributed by atoms with Crippen molar-refractivity contribution in [3.63, 3.8) is 0 Å². The number of carbonyl (C=O) groups excluding carboxylic acids is 1. The zero-order valence-electron chi connectivity index (χ0n) is 12.8. The molecule has 5 nitrogen and oxygen atoms in total. The minimum Gasteiger partial charge on any atom is -0.325 e. The van der Waals surface area contributed by atoms with Gasteiger partial charge in [-0.15, -0.1) is 0 Å². The van der Waals surface area contributed by atoms with Crippen molar-refractivity contribution in [2.24, 2.45) is 0 Å². The summed E-state index contributed by atoms with van der Waals surface area (Å²) in [5.41, 5.74) is 1.85. The van der Waals surface area contributed by atoms with E-state index in [2.05, 4.69) is 5.32 Å². The van der Waals surface area contributed by atoms with Crippen LogP contribution < -0.4 is 9.62 Å². The third-order valence-corrected chi connectivity index (χ3v) is 4.28. The maximum atomic E-state index is 13.0. The fraction of sp³-hybridized carbons (Fsp3) is 0.188. The number of nitrogens with one attached hydrogen (secondary N) is 1. The Morgan fingerprint density at radius 1 is 1.09 bits per heavy atom. The molecule has 0 spiro atoms. The van der Waals surface area contributed by atoms with Crippen molar-refractivity contribution >= 4 is 27.3 Å². The summed E-state index contributed by atoms with van der Waals surface area (Å²) in [6.07, 6.45) is 0.996. The van der Waals surface area contributed by atoms with E-state index in [-0.39, 0.29) is 5.69 Å². The zero-order chi connectivity index (χ0) is 17.0. The van der Waals surface area contributed by atoms with Gasteiger partial charge in [-0.3, -0.25) is 9.10 Å². The van der Waals surface area contributed by atoms with E-state index in [0.717, 1.165) is 28.3 Å². The van der Waals surface area contributed by atoms with Gasteiger partial charge in [-0.05, 0) is 43.3 Å². The van der Waals surface area contributed by atoms with Gasteiger partial charge in [-0.2, -0.15) is 0 Å². The van der Waals surface area contributed by atoms with Gasteiger partial charge in [0, 0.05) is 5.69 Å². The highest BCUT2D eigenvalue weighted by Crippen LogP contribution is 2.18. The molecule has 23 heavy (non-hydrogen) atoms. The first-order valence-electron chi connectivity index (χ1n) is 6.85. The molecule has 0 saturated carbocycles. The van der Waals surface area contributed by atoms with Crippen LogP contribution in [0.2, 0.25) is 0 Å². The number of benzene rings is 2. The lowest BCUT2D eigenvalue weighted by Gasteiger charge is -2.21. The monoisotopic (exact) mass is 336 g/mol. The molecular formula is C16H17FN2O3S. The fourth-order valence-electron chi connectivity index (χ4n) is 1.98. The van der Waals surface area contributed by atoms with Crippen molar-refractivity contribution in [3.8, 4) is 0 Å². The predicted molar refractivity (Wildman–Crippen MR) is 88.4 cm³/mol. The first-order chi connectivity index (χ1) is 10.8. The lowest BCUT2D eigenvalue weighted by molar-refractivity contribution is -0.114. The Labute approximate surface area is 134 Å². The Hall–Kier alpha value is -2.41. The number of rotatable bonds is 5. The lowest BCUT2D eigenvalue weighted by atomic mass is 10.2. The third-order valence-electron chi connectivity index (χ3n) is 3.14. The van der Waals surface area contributed by atoms with Gasteiger partial charge in [0.25, 0.3) is 0 Å². The Bertz CT molecular complexity index is 787. The van der Waals surface area contributed by atoms with Gasteiger partial charge < -0.3 is 5.32 Å². The third kappa shape index (κ3) is 4.79. The lowest BCUT2D eigenvalue weighted by Crippen LogP contribution is -2.37. The molecule has 0 fully saturated rings. The average molecular weight is 336 g/mol. The molecule has 1 N–H and O–H groups in total. The van der Waals surface area contributed by atoms with Crippen LogP contribution in [-0.2, 0) is 14.8 Å². The molecule has 0 radical (unpaired) electrons. The molecule has 0 bridgehead atoms. The summed E-state index contributed by atoms with van der Waals surface area (Å²) in [5.74, 6) is -0.963. The Morgan fingerprint density at radius 2 is 1.65 bits per heavy atom. The molecule has 2 rings (SSSR count). The van der Waals surface area contributed by atoms with Crippen LogP contribution in [0.15, 0.2) is 48.5 Å². The minimum absolute atomic E-state index is 0.230. The normalized spacial score (nSPS) is 11.1. The average Bonchev–Trinajstić information content (AvgIpc) is 2.47. The molecule has 0 aliphatic heterocycles. The molecular weight excluding hydrogens is 319 g/mol. The van der Waals surface area contributed by atoms with Crippen LogP contribution in [0.25, 0.3) is 0 Å². The smallest absolute Gasteiger partial charge is 0.245 e. The minimum atomic E-state index is -3.67. The highest BCUT2D eigenvalue weighted by molar-refractivity contribution is 7.92. The van der Waals surface area contributed by atoms with Gasteiger partial charge in [0.05, 0.1) is 11.9 Å². The summed E-state index contributed by atoms with van der Waals surface area (Å²) in [5, 5.41) is 2.63. The SMILES string of the molecule is Cc1ccc(NC(=O)CN(c2ccc(F)cc2)S(C)(=O)=O)cc1. The van der Waals surface area contributed by atoms with E-state index < -0.39 is 28.3 Å². The zero-order valence-corrected chi connectivity index (χ0v) is 13.6. The molecule has 7 heteroatoms. The number of amides is 1. The number of aryl methyl sites for hydroxylation is 1. The van der Waals surface area contributed by atoms with Crippen LogP contribution in [0.4, 0.5) is 15.8 Å². The molecule has 0 heterocycles. The Balaban J connectivity index is 2.16. The van der Waals surface area contributed by atoms with Gasteiger partial charge in [0.2, 0.25) is 15.9 Å². The summed E-state index contributed by atoms with van der Waals surface area (Å²) in [7, 11) is -3.67. The van der Waals surface area contributed by atoms with E-state index >= 15 is 0 Å².